The number of aromatic nitrogens is 3. The molecule has 2 N–H and O–H groups in total. The van der Waals surface area contributed by atoms with Crippen molar-refractivity contribution in [2.75, 3.05) is 6.54 Å². The van der Waals surface area contributed by atoms with Gasteiger partial charge in [-0.25, -0.2) is 4.98 Å². The predicted molar refractivity (Wildman–Crippen MR) is 80.1 cm³/mol. The third-order valence-corrected chi connectivity index (χ3v) is 4.37. The topological polar surface area (TPSA) is 70.7 Å². The molecule has 110 valence electrons. The Bertz CT molecular complexity index is 622. The average Bonchev–Trinajstić information content (AvgIpc) is 2.91. The van der Waals surface area contributed by atoms with E-state index in [1.807, 2.05) is 24.3 Å². The number of rotatable bonds is 5. The van der Waals surface area contributed by atoms with Crippen LogP contribution in [0.15, 0.2) is 30.6 Å². The molecule has 3 rings (SSSR count). The van der Waals surface area contributed by atoms with E-state index in [2.05, 4.69) is 20.5 Å². The van der Waals surface area contributed by atoms with E-state index in [1.165, 1.54) is 6.33 Å². The van der Waals surface area contributed by atoms with Crippen molar-refractivity contribution >= 4 is 17.5 Å². The summed E-state index contributed by atoms with van der Waals surface area (Å²) in [6, 6.07) is 7.62. The lowest BCUT2D eigenvalue weighted by Crippen LogP contribution is -2.49. The van der Waals surface area contributed by atoms with E-state index in [0.717, 1.165) is 30.7 Å². The summed E-state index contributed by atoms with van der Waals surface area (Å²) in [5.41, 5.74) is 0.602. The number of nitrogens with zero attached hydrogens (tertiary/aromatic N) is 2. The smallest absolute Gasteiger partial charge is 0.230 e. The number of hydrogen-bond donors (Lipinski definition) is 2. The van der Waals surface area contributed by atoms with Crippen LogP contribution in [-0.4, -0.2) is 27.6 Å². The van der Waals surface area contributed by atoms with E-state index in [4.69, 9.17) is 11.6 Å². The molecule has 6 heteroatoms. The van der Waals surface area contributed by atoms with Gasteiger partial charge in [0.1, 0.15) is 12.2 Å². The van der Waals surface area contributed by atoms with Crippen LogP contribution < -0.4 is 5.32 Å². The number of aromatic amines is 1. The first kappa shape index (κ1) is 14.1. The Morgan fingerprint density at radius 3 is 2.90 bits per heavy atom. The summed E-state index contributed by atoms with van der Waals surface area (Å²) in [5, 5.41) is 10.3. The van der Waals surface area contributed by atoms with Crippen molar-refractivity contribution < 1.29 is 4.79 Å². The van der Waals surface area contributed by atoms with Crippen LogP contribution in [0.5, 0.6) is 0 Å². The van der Waals surface area contributed by atoms with E-state index in [9.17, 15) is 4.79 Å². The highest BCUT2D eigenvalue weighted by Crippen LogP contribution is 2.44. The van der Waals surface area contributed by atoms with Gasteiger partial charge in [0.05, 0.1) is 5.41 Å². The highest BCUT2D eigenvalue weighted by atomic mass is 35.5. The number of H-pyrrole nitrogens is 1. The van der Waals surface area contributed by atoms with Crippen LogP contribution in [0.1, 0.15) is 30.7 Å². The lowest BCUT2D eigenvalue weighted by molar-refractivity contribution is -0.129. The fourth-order valence-electron chi connectivity index (χ4n) is 2.78. The van der Waals surface area contributed by atoms with E-state index in [-0.39, 0.29) is 5.91 Å². The van der Waals surface area contributed by atoms with Gasteiger partial charge in [0.25, 0.3) is 0 Å². The molecule has 0 radical (unpaired) electrons. The summed E-state index contributed by atoms with van der Waals surface area (Å²) < 4.78 is 0. The number of benzene rings is 1. The van der Waals surface area contributed by atoms with Gasteiger partial charge in [-0.3, -0.25) is 9.89 Å². The van der Waals surface area contributed by atoms with Crippen LogP contribution in [0.4, 0.5) is 0 Å². The Morgan fingerprint density at radius 2 is 2.29 bits per heavy atom. The second-order valence-corrected chi connectivity index (χ2v) is 5.82. The molecule has 1 fully saturated rings. The quantitative estimate of drug-likeness (QED) is 0.890. The average molecular weight is 305 g/mol. The molecule has 0 unspecified atom stereocenters. The molecule has 0 atom stereocenters. The Morgan fingerprint density at radius 1 is 1.43 bits per heavy atom. The molecule has 21 heavy (non-hydrogen) atoms. The van der Waals surface area contributed by atoms with Crippen molar-refractivity contribution in [3.05, 3.63) is 47.0 Å². The molecule has 2 aromatic rings. The van der Waals surface area contributed by atoms with Gasteiger partial charge < -0.3 is 5.32 Å². The first-order valence-electron chi connectivity index (χ1n) is 7.09. The summed E-state index contributed by atoms with van der Waals surface area (Å²) in [7, 11) is 0. The summed E-state index contributed by atoms with van der Waals surface area (Å²) in [6.07, 6.45) is 4.94. The van der Waals surface area contributed by atoms with Gasteiger partial charge >= 0.3 is 0 Å². The number of hydrogen-bond acceptors (Lipinski definition) is 3. The van der Waals surface area contributed by atoms with Crippen LogP contribution >= 0.6 is 11.6 Å². The predicted octanol–water partition coefficient (Wildman–Crippen LogP) is 2.24. The molecule has 1 amide bonds. The largest absolute Gasteiger partial charge is 0.355 e. The molecular formula is C15H17ClN4O. The number of amides is 1. The van der Waals surface area contributed by atoms with Gasteiger partial charge in [0, 0.05) is 18.0 Å². The standard InChI is InChI=1S/C15H17ClN4O/c16-12-4-1-3-11(9-12)15(6-2-7-15)14(21)17-8-5-13-18-10-19-20-13/h1,3-4,9-10H,2,5-8H2,(H,17,21)(H,18,19,20). The SMILES string of the molecule is O=C(NCCc1ncn[nH]1)C1(c2cccc(Cl)c2)CCC1. The Kier molecular flexibility index (Phi) is 3.92. The summed E-state index contributed by atoms with van der Waals surface area (Å²) >= 11 is 6.06. The van der Waals surface area contributed by atoms with Crippen LogP contribution in [0.25, 0.3) is 0 Å². The van der Waals surface area contributed by atoms with Crippen molar-refractivity contribution in [1.82, 2.24) is 20.5 Å². The van der Waals surface area contributed by atoms with Crippen molar-refractivity contribution in [3.8, 4) is 0 Å². The van der Waals surface area contributed by atoms with Crippen molar-refractivity contribution in [1.29, 1.82) is 0 Å². The Labute approximate surface area is 128 Å². The molecule has 1 aromatic carbocycles. The summed E-state index contributed by atoms with van der Waals surface area (Å²) in [5.74, 6) is 0.858. The molecule has 1 aliphatic rings. The first-order chi connectivity index (χ1) is 10.2. The molecule has 0 bridgehead atoms. The molecule has 5 nitrogen and oxygen atoms in total. The minimum absolute atomic E-state index is 0.0792. The molecular weight excluding hydrogens is 288 g/mol. The van der Waals surface area contributed by atoms with Gasteiger partial charge in [-0.05, 0) is 30.5 Å². The monoisotopic (exact) mass is 304 g/mol. The zero-order chi connectivity index (χ0) is 14.7. The van der Waals surface area contributed by atoms with Gasteiger partial charge in [-0.2, -0.15) is 5.10 Å². The number of carbonyl (C=O) groups excluding carboxylic acids is 1. The Balaban J connectivity index is 1.66. The van der Waals surface area contributed by atoms with Gasteiger partial charge in [-0.15, -0.1) is 0 Å². The molecule has 0 saturated heterocycles. The van der Waals surface area contributed by atoms with Crippen LogP contribution in [0.2, 0.25) is 5.02 Å². The van der Waals surface area contributed by atoms with Crippen LogP contribution in [0.3, 0.4) is 0 Å². The van der Waals surface area contributed by atoms with Crippen LogP contribution in [0, 0.1) is 0 Å². The third-order valence-electron chi connectivity index (χ3n) is 4.13. The van der Waals surface area contributed by atoms with E-state index < -0.39 is 5.41 Å². The van der Waals surface area contributed by atoms with Crippen molar-refractivity contribution in [3.63, 3.8) is 0 Å². The van der Waals surface area contributed by atoms with Crippen molar-refractivity contribution in [2.24, 2.45) is 0 Å². The van der Waals surface area contributed by atoms with Crippen molar-refractivity contribution in [2.45, 2.75) is 31.1 Å². The van der Waals surface area contributed by atoms with Crippen LogP contribution in [-0.2, 0) is 16.6 Å². The number of carbonyl (C=O) groups is 1. The minimum atomic E-state index is -0.410. The molecule has 0 spiro atoms. The fraction of sp³-hybridized carbons (Fsp3) is 0.400. The fourth-order valence-corrected chi connectivity index (χ4v) is 2.97. The normalized spacial score (nSPS) is 16.2. The second kappa shape index (κ2) is 5.85. The summed E-state index contributed by atoms with van der Waals surface area (Å²) in [4.78, 5) is 16.6. The summed E-state index contributed by atoms with van der Waals surface area (Å²) in [6.45, 7) is 0.552. The molecule has 0 aliphatic heterocycles. The third kappa shape index (κ3) is 2.78. The highest BCUT2D eigenvalue weighted by Gasteiger charge is 2.45. The zero-order valence-electron chi connectivity index (χ0n) is 11.6. The zero-order valence-corrected chi connectivity index (χ0v) is 12.4. The highest BCUT2D eigenvalue weighted by molar-refractivity contribution is 6.30. The molecule has 1 heterocycles. The lowest BCUT2D eigenvalue weighted by atomic mass is 9.64. The maximum atomic E-state index is 12.6. The second-order valence-electron chi connectivity index (χ2n) is 5.38. The van der Waals surface area contributed by atoms with E-state index in [0.29, 0.717) is 18.0 Å². The van der Waals surface area contributed by atoms with Gasteiger partial charge in [0.15, 0.2) is 0 Å². The van der Waals surface area contributed by atoms with E-state index >= 15 is 0 Å². The molecule has 1 aliphatic carbocycles. The lowest BCUT2D eigenvalue weighted by Gasteiger charge is -2.40. The van der Waals surface area contributed by atoms with Gasteiger partial charge in [-0.1, -0.05) is 30.2 Å². The maximum absolute atomic E-state index is 12.6. The maximum Gasteiger partial charge on any atom is 0.230 e. The number of halogens is 1. The first-order valence-corrected chi connectivity index (χ1v) is 7.47. The molecule has 1 saturated carbocycles. The van der Waals surface area contributed by atoms with E-state index in [1.54, 1.807) is 0 Å². The minimum Gasteiger partial charge on any atom is -0.355 e. The molecule has 1 aromatic heterocycles. The number of nitrogens with one attached hydrogen (secondary N) is 2. The Hall–Kier alpha value is -1.88. The van der Waals surface area contributed by atoms with Gasteiger partial charge in [0.2, 0.25) is 5.91 Å².